The van der Waals surface area contributed by atoms with Gasteiger partial charge in [0, 0.05) is 36.6 Å². The summed E-state index contributed by atoms with van der Waals surface area (Å²) in [4.78, 5) is 30.3. The molecule has 1 aliphatic rings. The van der Waals surface area contributed by atoms with Gasteiger partial charge in [-0.25, -0.2) is 8.42 Å². The predicted octanol–water partition coefficient (Wildman–Crippen LogP) is 2.94. The molecule has 2 aromatic rings. The molecule has 33 heavy (non-hydrogen) atoms. The molecule has 182 valence electrons. The lowest BCUT2D eigenvalue weighted by atomic mass is 10.1. The quantitative estimate of drug-likeness (QED) is 0.486. The van der Waals surface area contributed by atoms with Gasteiger partial charge in [0.15, 0.2) is 0 Å². The molecule has 1 amide bonds. The molecule has 2 heterocycles. The maximum Gasteiger partial charge on any atom is 0.252 e. The maximum absolute atomic E-state index is 13.2. The topological polar surface area (TPSA) is 103 Å². The van der Waals surface area contributed by atoms with Crippen LogP contribution in [0.25, 0.3) is 10.9 Å². The molecule has 0 atom stereocenters. The van der Waals surface area contributed by atoms with Gasteiger partial charge >= 0.3 is 0 Å². The third kappa shape index (κ3) is 6.43. The van der Waals surface area contributed by atoms with Crippen molar-refractivity contribution in [3.8, 4) is 0 Å². The minimum absolute atomic E-state index is 0.124. The average molecular weight is 477 g/mol. The Hall–Kier alpha value is -2.23. The molecule has 1 aliphatic heterocycles. The van der Waals surface area contributed by atoms with E-state index in [0.29, 0.717) is 30.5 Å². The van der Waals surface area contributed by atoms with Crippen LogP contribution in [0.2, 0.25) is 0 Å². The number of unbranched alkanes of at least 4 members (excludes halogenated alkanes) is 1. The van der Waals surface area contributed by atoms with E-state index in [1.165, 1.54) is 41.8 Å². The summed E-state index contributed by atoms with van der Waals surface area (Å²) in [6.45, 7) is 8.30. The van der Waals surface area contributed by atoms with E-state index in [4.69, 9.17) is 0 Å². The summed E-state index contributed by atoms with van der Waals surface area (Å²) in [6.07, 6.45) is 6.24. The monoisotopic (exact) mass is 476 g/mol. The Morgan fingerprint density at radius 2 is 1.88 bits per heavy atom. The van der Waals surface area contributed by atoms with Gasteiger partial charge in [0.2, 0.25) is 15.6 Å². The standard InChI is InChI=1S/C24H36N4O4S/c1-3-5-16-28(4-2)33(31,32)19-10-11-22-20(17-19)21(18-23(29)26-22)24(30)25-12-9-15-27-13-7-6-8-14-27/h10-11,17-18H,3-9,12-16H2,1-2H3,(H,25,30)(H,26,29). The van der Waals surface area contributed by atoms with Crippen molar-refractivity contribution in [3.63, 3.8) is 0 Å². The number of aromatic amines is 1. The molecule has 1 saturated heterocycles. The second-order valence-electron chi connectivity index (χ2n) is 8.62. The summed E-state index contributed by atoms with van der Waals surface area (Å²) in [6, 6.07) is 5.79. The maximum atomic E-state index is 13.2. The van der Waals surface area contributed by atoms with Crippen LogP contribution in [0.3, 0.4) is 0 Å². The normalized spacial score (nSPS) is 15.2. The lowest BCUT2D eigenvalue weighted by Gasteiger charge is -2.26. The molecule has 0 radical (unpaired) electrons. The van der Waals surface area contributed by atoms with Crippen molar-refractivity contribution in [2.75, 3.05) is 39.3 Å². The fourth-order valence-corrected chi connectivity index (χ4v) is 5.81. The molecule has 0 saturated carbocycles. The van der Waals surface area contributed by atoms with Gasteiger partial charge in [-0.2, -0.15) is 4.31 Å². The van der Waals surface area contributed by atoms with E-state index in [1.807, 2.05) is 13.8 Å². The van der Waals surface area contributed by atoms with Crippen LogP contribution in [0, 0.1) is 0 Å². The molecular formula is C24H36N4O4S. The highest BCUT2D eigenvalue weighted by molar-refractivity contribution is 7.89. The van der Waals surface area contributed by atoms with E-state index in [2.05, 4.69) is 15.2 Å². The Morgan fingerprint density at radius 3 is 2.58 bits per heavy atom. The zero-order valence-corrected chi connectivity index (χ0v) is 20.5. The van der Waals surface area contributed by atoms with E-state index >= 15 is 0 Å². The Balaban J connectivity index is 1.79. The molecule has 0 bridgehead atoms. The summed E-state index contributed by atoms with van der Waals surface area (Å²) >= 11 is 0. The molecule has 9 heteroatoms. The number of hydrogen-bond acceptors (Lipinski definition) is 5. The summed E-state index contributed by atoms with van der Waals surface area (Å²) in [5.74, 6) is -0.363. The van der Waals surface area contributed by atoms with E-state index in [1.54, 1.807) is 6.07 Å². The minimum Gasteiger partial charge on any atom is -0.352 e. The number of aromatic nitrogens is 1. The molecule has 3 rings (SSSR count). The largest absolute Gasteiger partial charge is 0.352 e. The first kappa shape index (κ1) is 25.4. The van der Waals surface area contributed by atoms with E-state index in [0.717, 1.165) is 38.9 Å². The van der Waals surface area contributed by atoms with Crippen LogP contribution in [0.1, 0.15) is 62.7 Å². The number of nitrogens with one attached hydrogen (secondary N) is 2. The van der Waals surface area contributed by atoms with Gasteiger partial charge in [0.25, 0.3) is 5.91 Å². The third-order valence-electron chi connectivity index (χ3n) is 6.20. The highest BCUT2D eigenvalue weighted by Gasteiger charge is 2.24. The van der Waals surface area contributed by atoms with Crippen LogP contribution in [-0.2, 0) is 10.0 Å². The van der Waals surface area contributed by atoms with Crippen molar-refractivity contribution in [1.82, 2.24) is 19.5 Å². The summed E-state index contributed by atoms with van der Waals surface area (Å²) in [5, 5.41) is 3.33. The number of rotatable bonds is 11. The molecule has 2 N–H and O–H groups in total. The Kier molecular flexibility index (Phi) is 9.05. The number of sulfonamides is 1. The SMILES string of the molecule is CCCCN(CC)S(=O)(=O)c1ccc2[nH]c(=O)cc(C(=O)NCCCN3CCCCC3)c2c1. The van der Waals surface area contributed by atoms with Crippen LogP contribution in [0.15, 0.2) is 34.0 Å². The van der Waals surface area contributed by atoms with E-state index in [9.17, 15) is 18.0 Å². The number of carbonyl (C=O) groups is 1. The zero-order chi connectivity index (χ0) is 23.8. The summed E-state index contributed by atoms with van der Waals surface area (Å²) < 4.78 is 27.8. The number of amides is 1. The lowest BCUT2D eigenvalue weighted by Crippen LogP contribution is -2.33. The van der Waals surface area contributed by atoms with Crippen molar-refractivity contribution < 1.29 is 13.2 Å². The molecule has 1 aromatic heterocycles. The second kappa shape index (κ2) is 11.8. The first-order valence-corrected chi connectivity index (χ1v) is 13.5. The van der Waals surface area contributed by atoms with Crippen LogP contribution in [0.4, 0.5) is 0 Å². The smallest absolute Gasteiger partial charge is 0.252 e. The molecular weight excluding hydrogens is 440 g/mol. The Labute approximate surface area is 196 Å². The molecule has 8 nitrogen and oxygen atoms in total. The number of likely N-dealkylation sites (tertiary alicyclic amines) is 1. The first-order valence-electron chi connectivity index (χ1n) is 12.0. The second-order valence-corrected chi connectivity index (χ2v) is 10.6. The highest BCUT2D eigenvalue weighted by Crippen LogP contribution is 2.23. The number of fused-ring (bicyclic) bond motifs is 1. The van der Waals surface area contributed by atoms with E-state index in [-0.39, 0.29) is 16.4 Å². The fraction of sp³-hybridized carbons (Fsp3) is 0.583. The van der Waals surface area contributed by atoms with Gasteiger partial charge < -0.3 is 15.2 Å². The summed E-state index contributed by atoms with van der Waals surface area (Å²) in [7, 11) is -3.70. The predicted molar refractivity (Wildman–Crippen MR) is 131 cm³/mol. The van der Waals surface area contributed by atoms with Crippen LogP contribution >= 0.6 is 0 Å². The van der Waals surface area contributed by atoms with Crippen molar-refractivity contribution in [3.05, 3.63) is 40.2 Å². The van der Waals surface area contributed by atoms with Gasteiger partial charge in [-0.15, -0.1) is 0 Å². The third-order valence-corrected chi connectivity index (χ3v) is 8.17. The van der Waals surface area contributed by atoms with E-state index < -0.39 is 15.6 Å². The zero-order valence-electron chi connectivity index (χ0n) is 19.7. The molecule has 1 aromatic carbocycles. The van der Waals surface area contributed by atoms with Gasteiger partial charge in [-0.05, 0) is 63.5 Å². The van der Waals surface area contributed by atoms with Gasteiger partial charge in [-0.1, -0.05) is 26.7 Å². The Bertz CT molecular complexity index is 1110. The Morgan fingerprint density at radius 1 is 1.12 bits per heavy atom. The fourth-order valence-electron chi connectivity index (χ4n) is 4.30. The molecule has 0 spiro atoms. The average Bonchev–Trinajstić information content (AvgIpc) is 2.81. The highest BCUT2D eigenvalue weighted by atomic mass is 32.2. The van der Waals surface area contributed by atoms with Crippen LogP contribution < -0.4 is 10.9 Å². The molecule has 0 unspecified atom stereocenters. The van der Waals surface area contributed by atoms with Gasteiger partial charge in [-0.3, -0.25) is 9.59 Å². The van der Waals surface area contributed by atoms with Gasteiger partial charge in [0.05, 0.1) is 10.5 Å². The number of H-pyrrole nitrogens is 1. The van der Waals surface area contributed by atoms with Crippen molar-refractivity contribution >= 4 is 26.8 Å². The van der Waals surface area contributed by atoms with Crippen LogP contribution in [0.5, 0.6) is 0 Å². The summed E-state index contributed by atoms with van der Waals surface area (Å²) in [5.41, 5.74) is 0.242. The number of carbonyl (C=O) groups excluding carboxylic acids is 1. The lowest BCUT2D eigenvalue weighted by molar-refractivity contribution is 0.0952. The van der Waals surface area contributed by atoms with Crippen LogP contribution in [-0.4, -0.2) is 67.8 Å². The molecule has 1 fully saturated rings. The number of nitrogens with zero attached hydrogens (tertiary/aromatic N) is 2. The minimum atomic E-state index is -3.70. The number of benzene rings is 1. The molecule has 0 aliphatic carbocycles. The van der Waals surface area contributed by atoms with Gasteiger partial charge in [0.1, 0.15) is 0 Å². The first-order chi connectivity index (χ1) is 15.9. The van der Waals surface area contributed by atoms with Crippen molar-refractivity contribution in [1.29, 1.82) is 0 Å². The van der Waals surface area contributed by atoms with Crippen molar-refractivity contribution in [2.45, 2.75) is 57.3 Å². The number of piperidine rings is 1. The number of hydrogen-bond donors (Lipinski definition) is 2. The van der Waals surface area contributed by atoms with Crippen molar-refractivity contribution in [2.24, 2.45) is 0 Å². The number of pyridine rings is 1.